The minimum atomic E-state index is 0.0286. The number of H-pyrrole nitrogens is 1. The van der Waals surface area contributed by atoms with Gasteiger partial charge < -0.3 is 10.6 Å². The van der Waals surface area contributed by atoms with Crippen molar-refractivity contribution < 1.29 is 0 Å². The fourth-order valence-electron chi connectivity index (χ4n) is 2.28. The van der Waals surface area contributed by atoms with E-state index in [0.717, 1.165) is 22.5 Å². The maximum absolute atomic E-state index is 5.76. The molecule has 3 heterocycles. The van der Waals surface area contributed by atoms with Crippen LogP contribution in [0.1, 0.15) is 24.5 Å². The molecule has 7 heteroatoms. The van der Waals surface area contributed by atoms with E-state index in [-0.39, 0.29) is 6.04 Å². The van der Waals surface area contributed by atoms with Gasteiger partial charge in [-0.15, -0.1) is 0 Å². The van der Waals surface area contributed by atoms with E-state index >= 15 is 0 Å². The van der Waals surface area contributed by atoms with Gasteiger partial charge in [-0.1, -0.05) is 6.07 Å². The van der Waals surface area contributed by atoms with E-state index in [0.29, 0.717) is 11.6 Å². The molecule has 0 radical (unpaired) electrons. The van der Waals surface area contributed by atoms with Crippen molar-refractivity contribution in [1.29, 1.82) is 0 Å². The highest BCUT2D eigenvalue weighted by molar-refractivity contribution is 5.86. The number of fused-ring (bicyclic) bond motifs is 1. The number of nitrogen functional groups attached to an aromatic ring is 1. The molecule has 0 aliphatic heterocycles. The van der Waals surface area contributed by atoms with Crippen LogP contribution in [0.2, 0.25) is 0 Å². The second-order valence-electron chi connectivity index (χ2n) is 5.00. The number of aromatic nitrogens is 5. The van der Waals surface area contributed by atoms with Gasteiger partial charge in [0, 0.05) is 7.05 Å². The molecule has 0 saturated heterocycles. The molecule has 1 atom stereocenters. The van der Waals surface area contributed by atoms with Crippen molar-refractivity contribution in [3.05, 3.63) is 35.9 Å². The van der Waals surface area contributed by atoms with Crippen molar-refractivity contribution in [3.63, 3.8) is 0 Å². The van der Waals surface area contributed by atoms with Gasteiger partial charge in [0.05, 0.1) is 23.3 Å². The highest BCUT2D eigenvalue weighted by atomic mass is 15.2. The first-order valence-corrected chi connectivity index (χ1v) is 6.69. The van der Waals surface area contributed by atoms with Crippen LogP contribution in [0.5, 0.6) is 0 Å². The van der Waals surface area contributed by atoms with Crippen LogP contribution in [0.3, 0.4) is 0 Å². The van der Waals surface area contributed by atoms with Gasteiger partial charge in [0.1, 0.15) is 17.5 Å². The number of hydrogen-bond donors (Lipinski definition) is 2. The number of nitrogens with one attached hydrogen (secondary N) is 1. The molecule has 0 saturated carbocycles. The summed E-state index contributed by atoms with van der Waals surface area (Å²) in [5, 5.41) is 7.81. The Morgan fingerprint density at radius 2 is 2.05 bits per heavy atom. The maximum atomic E-state index is 5.76. The Hall–Kier alpha value is -2.70. The van der Waals surface area contributed by atoms with Gasteiger partial charge >= 0.3 is 0 Å². The average molecular weight is 283 g/mol. The van der Waals surface area contributed by atoms with Gasteiger partial charge in [-0.25, -0.2) is 15.0 Å². The molecule has 0 fully saturated rings. The summed E-state index contributed by atoms with van der Waals surface area (Å²) in [6, 6.07) is 5.67. The summed E-state index contributed by atoms with van der Waals surface area (Å²) in [4.78, 5) is 15.3. The van der Waals surface area contributed by atoms with Gasteiger partial charge in [0.25, 0.3) is 0 Å². The quantitative estimate of drug-likeness (QED) is 0.761. The number of pyridine rings is 1. The Balaban J connectivity index is 2.03. The third kappa shape index (κ3) is 2.37. The number of aromatic amines is 1. The Morgan fingerprint density at radius 3 is 2.81 bits per heavy atom. The van der Waals surface area contributed by atoms with Crippen LogP contribution in [0.15, 0.2) is 24.4 Å². The van der Waals surface area contributed by atoms with E-state index in [9.17, 15) is 0 Å². The number of anilines is 2. The molecule has 0 spiro atoms. The molecule has 3 rings (SSSR count). The lowest BCUT2D eigenvalue weighted by Crippen LogP contribution is -2.24. The maximum Gasteiger partial charge on any atom is 0.161 e. The minimum absolute atomic E-state index is 0.0286. The molecule has 108 valence electrons. The minimum Gasteiger partial charge on any atom is -0.384 e. The molecule has 0 aromatic carbocycles. The average Bonchev–Trinajstić information content (AvgIpc) is 2.93. The first kappa shape index (κ1) is 13.3. The predicted octanol–water partition coefficient (Wildman–Crippen LogP) is 1.84. The fourth-order valence-corrected chi connectivity index (χ4v) is 2.28. The number of aryl methyl sites for hydroxylation is 1. The third-order valence-electron chi connectivity index (χ3n) is 3.54. The smallest absolute Gasteiger partial charge is 0.161 e. The largest absolute Gasteiger partial charge is 0.384 e. The molecule has 0 aliphatic rings. The zero-order chi connectivity index (χ0) is 15.0. The summed E-state index contributed by atoms with van der Waals surface area (Å²) in [7, 11) is 1.98. The molecule has 0 amide bonds. The molecular weight excluding hydrogens is 266 g/mol. The van der Waals surface area contributed by atoms with E-state index in [1.54, 1.807) is 12.3 Å². The van der Waals surface area contributed by atoms with Gasteiger partial charge in [-0.3, -0.25) is 5.10 Å². The van der Waals surface area contributed by atoms with E-state index < -0.39 is 0 Å². The number of hydrogen-bond acceptors (Lipinski definition) is 6. The van der Waals surface area contributed by atoms with Crippen molar-refractivity contribution in [2.45, 2.75) is 19.9 Å². The lowest BCUT2D eigenvalue weighted by atomic mass is 10.2. The van der Waals surface area contributed by atoms with Crippen LogP contribution >= 0.6 is 0 Å². The van der Waals surface area contributed by atoms with Crippen LogP contribution in [-0.4, -0.2) is 32.2 Å². The summed E-state index contributed by atoms with van der Waals surface area (Å²) >= 11 is 0. The van der Waals surface area contributed by atoms with Gasteiger partial charge in [-0.2, -0.15) is 5.10 Å². The standard InChI is InChI=1S/C14H17N7/c1-8(11-5-4-6-12(15)19-11)21(3)14-10-7-16-20-13(10)17-9(2)18-14/h4-8H,1-3H3,(H2,15,19)(H,16,17,18,20). The Bertz CT molecular complexity index is 780. The van der Waals surface area contributed by atoms with Crippen LogP contribution < -0.4 is 10.6 Å². The molecule has 3 aromatic rings. The first-order valence-electron chi connectivity index (χ1n) is 6.69. The lowest BCUT2D eigenvalue weighted by Gasteiger charge is -2.26. The van der Waals surface area contributed by atoms with E-state index in [2.05, 4.69) is 32.1 Å². The molecule has 3 aromatic heterocycles. The molecule has 0 bridgehead atoms. The molecule has 0 aliphatic carbocycles. The van der Waals surface area contributed by atoms with Gasteiger partial charge in [0.15, 0.2) is 5.65 Å². The number of rotatable bonds is 3. The van der Waals surface area contributed by atoms with Crippen molar-refractivity contribution in [2.75, 3.05) is 17.7 Å². The third-order valence-corrected chi connectivity index (χ3v) is 3.54. The zero-order valence-corrected chi connectivity index (χ0v) is 12.2. The van der Waals surface area contributed by atoms with Gasteiger partial charge in [0.2, 0.25) is 0 Å². The summed E-state index contributed by atoms with van der Waals surface area (Å²) in [5.41, 5.74) is 7.39. The fraction of sp³-hybridized carbons (Fsp3) is 0.286. The molecule has 3 N–H and O–H groups in total. The normalized spacial score (nSPS) is 12.5. The summed E-state index contributed by atoms with van der Waals surface area (Å²) < 4.78 is 0. The van der Waals surface area contributed by atoms with Crippen LogP contribution in [0.4, 0.5) is 11.6 Å². The van der Waals surface area contributed by atoms with Crippen LogP contribution in [0, 0.1) is 6.92 Å². The molecular formula is C14H17N7. The van der Waals surface area contributed by atoms with E-state index in [1.165, 1.54) is 0 Å². The Kier molecular flexibility index (Phi) is 3.17. The van der Waals surface area contributed by atoms with Crippen molar-refractivity contribution in [2.24, 2.45) is 0 Å². The SMILES string of the molecule is Cc1nc(N(C)C(C)c2cccc(N)n2)c2cn[nH]c2n1. The van der Waals surface area contributed by atoms with Crippen molar-refractivity contribution in [1.82, 2.24) is 25.1 Å². The molecule has 7 nitrogen and oxygen atoms in total. The Morgan fingerprint density at radius 1 is 1.24 bits per heavy atom. The summed E-state index contributed by atoms with van der Waals surface area (Å²) in [6.07, 6.45) is 1.74. The topological polar surface area (TPSA) is 96.6 Å². The monoisotopic (exact) mass is 283 g/mol. The van der Waals surface area contributed by atoms with Crippen molar-refractivity contribution in [3.8, 4) is 0 Å². The summed E-state index contributed by atoms with van der Waals surface area (Å²) in [5.74, 6) is 2.03. The Labute approximate surface area is 122 Å². The number of nitrogens with two attached hydrogens (primary N) is 1. The van der Waals surface area contributed by atoms with Crippen LogP contribution in [-0.2, 0) is 0 Å². The van der Waals surface area contributed by atoms with E-state index in [4.69, 9.17) is 5.73 Å². The second-order valence-corrected chi connectivity index (χ2v) is 5.00. The highest BCUT2D eigenvalue weighted by Crippen LogP contribution is 2.28. The predicted molar refractivity (Wildman–Crippen MR) is 81.9 cm³/mol. The lowest BCUT2D eigenvalue weighted by molar-refractivity contribution is 0.706. The number of nitrogens with zero attached hydrogens (tertiary/aromatic N) is 5. The van der Waals surface area contributed by atoms with Crippen LogP contribution in [0.25, 0.3) is 11.0 Å². The zero-order valence-electron chi connectivity index (χ0n) is 12.2. The first-order chi connectivity index (χ1) is 10.1. The van der Waals surface area contributed by atoms with E-state index in [1.807, 2.05) is 31.0 Å². The molecule has 1 unspecified atom stereocenters. The summed E-state index contributed by atoms with van der Waals surface area (Å²) in [6.45, 7) is 3.92. The molecule has 21 heavy (non-hydrogen) atoms. The van der Waals surface area contributed by atoms with Crippen molar-refractivity contribution >= 4 is 22.7 Å². The van der Waals surface area contributed by atoms with Gasteiger partial charge in [-0.05, 0) is 26.0 Å². The second kappa shape index (κ2) is 5.01. The highest BCUT2D eigenvalue weighted by Gasteiger charge is 2.19.